The molecule has 3 aliphatic heterocycles. The Morgan fingerprint density at radius 1 is 0.265 bits per heavy atom. The van der Waals surface area contributed by atoms with E-state index in [4.69, 9.17) is 27.9 Å². The van der Waals surface area contributed by atoms with Crippen molar-refractivity contribution in [2.45, 2.75) is 221 Å². The summed E-state index contributed by atoms with van der Waals surface area (Å²) in [6, 6.07) is 77.4. The molecular weight excluding hydrogens is 1320 g/mol. The van der Waals surface area contributed by atoms with Crippen molar-refractivity contribution in [1.29, 1.82) is 0 Å². The lowest BCUT2D eigenvalue weighted by atomic mass is 9.79. The largest absolute Gasteiger partial charge is 0.598 e. The monoisotopic (exact) mass is 1430 g/mol. The Bertz CT molecular complexity index is 3960. The number of halogens is 1. The molecule has 3 heterocycles. The van der Waals surface area contributed by atoms with Crippen LogP contribution in [0.5, 0.6) is 0 Å². The average Bonchev–Trinajstić information content (AvgIpc) is 1.55. The molecule has 0 aromatic heterocycles. The minimum absolute atomic E-state index is 0.0587. The van der Waals surface area contributed by atoms with E-state index in [9.17, 15) is 0 Å². The van der Waals surface area contributed by atoms with Crippen molar-refractivity contribution in [1.82, 2.24) is 0 Å². The van der Waals surface area contributed by atoms with Gasteiger partial charge in [0.1, 0.15) is 0 Å². The molecule has 0 spiro atoms. The minimum atomic E-state index is -0.575. The van der Waals surface area contributed by atoms with E-state index in [0.29, 0.717) is 0 Å². The number of hydrogen-bond acceptors (Lipinski definition) is 10. The molecule has 0 unspecified atom stereocenters. The third kappa shape index (κ3) is 18.0. The van der Waals surface area contributed by atoms with E-state index in [2.05, 4.69) is 396 Å². The zero-order valence-corrected chi connectivity index (χ0v) is 66.8. The van der Waals surface area contributed by atoms with Crippen LogP contribution in [0.1, 0.15) is 188 Å². The molecule has 0 amide bonds. The van der Waals surface area contributed by atoms with Crippen LogP contribution in [0.3, 0.4) is 0 Å². The summed E-state index contributed by atoms with van der Waals surface area (Å²) in [6.45, 7) is 51.8. The summed E-state index contributed by atoms with van der Waals surface area (Å²) >= 11 is 3.42. The van der Waals surface area contributed by atoms with Crippen molar-refractivity contribution in [2.75, 3.05) is 20.3 Å². The van der Waals surface area contributed by atoms with Crippen LogP contribution in [0.15, 0.2) is 223 Å². The molecule has 0 aliphatic carbocycles. The fraction of sp³-hybridized carbons (Fsp3) is 0.386. The summed E-state index contributed by atoms with van der Waals surface area (Å²) in [5, 5.41) is 7.00. The SMILES string of the molecule is CC(C)(C)c1ccc(N(B2OC(C)(C)C(C)(C)O2)c2ccc(-c3ccc(N(B4OC(C)(C)C(C)(C)O4)c4ccc(C(C)(C)C)cc4)cc3)cc2)cc1.CC(C)(C)c1ccc(Nc2ccc(-c3ccc(Nc4ccc(C(C)(C)C)cc4)cc3)cc2)cc1.CC1(C)OB(c2ccc(Br)cc2)OC1(C)C. The number of rotatable bonds is 13. The topological polar surface area (TPSA) is 85.9 Å². The molecule has 3 fully saturated rings. The van der Waals surface area contributed by atoms with Gasteiger partial charge in [-0.05, 0) is 264 Å². The van der Waals surface area contributed by atoms with Gasteiger partial charge >= 0.3 is 21.6 Å². The van der Waals surface area contributed by atoms with Gasteiger partial charge in [-0.2, -0.15) is 0 Å². The van der Waals surface area contributed by atoms with Gasteiger partial charge in [0.25, 0.3) is 0 Å². The Morgan fingerprint density at radius 2 is 0.461 bits per heavy atom. The van der Waals surface area contributed by atoms with Crippen molar-refractivity contribution in [3.05, 3.63) is 245 Å². The quantitative estimate of drug-likeness (QED) is 0.109. The smallest absolute Gasteiger partial charge is 0.399 e. The van der Waals surface area contributed by atoms with Crippen molar-refractivity contribution in [2.24, 2.45) is 0 Å². The summed E-state index contributed by atoms with van der Waals surface area (Å²) in [6.07, 6.45) is 0. The first-order valence-electron chi connectivity index (χ1n) is 36.2. The second-order valence-electron chi connectivity index (χ2n) is 34.8. The van der Waals surface area contributed by atoms with E-state index in [0.717, 1.165) is 66.6 Å². The molecule has 0 saturated carbocycles. The van der Waals surface area contributed by atoms with Gasteiger partial charge in [0.2, 0.25) is 0 Å². The molecule has 534 valence electrons. The minimum Gasteiger partial charge on any atom is -0.399 e. The van der Waals surface area contributed by atoms with Crippen LogP contribution in [0.25, 0.3) is 22.3 Å². The van der Waals surface area contributed by atoms with Crippen molar-refractivity contribution in [3.8, 4) is 22.3 Å². The van der Waals surface area contributed by atoms with Crippen LogP contribution in [0.2, 0.25) is 0 Å². The van der Waals surface area contributed by atoms with Crippen LogP contribution in [-0.4, -0.2) is 55.2 Å². The fourth-order valence-corrected chi connectivity index (χ4v) is 12.3. The van der Waals surface area contributed by atoms with E-state index >= 15 is 0 Å². The normalized spacial score (nSPS) is 17.2. The lowest BCUT2D eigenvalue weighted by molar-refractivity contribution is 0.00578. The predicted molar refractivity (Wildman–Crippen MR) is 437 cm³/mol. The molecule has 12 rings (SSSR count). The van der Waals surface area contributed by atoms with Gasteiger partial charge in [0.15, 0.2) is 0 Å². The molecule has 102 heavy (non-hydrogen) atoms. The first-order valence-corrected chi connectivity index (χ1v) is 37.0. The number of hydrogen-bond donors (Lipinski definition) is 2. The highest BCUT2D eigenvalue weighted by molar-refractivity contribution is 9.10. The number of nitrogens with zero attached hydrogens (tertiary/aromatic N) is 2. The van der Waals surface area contributed by atoms with Crippen LogP contribution in [0, 0.1) is 0 Å². The van der Waals surface area contributed by atoms with Gasteiger partial charge < -0.3 is 48.2 Å². The van der Waals surface area contributed by atoms with Gasteiger partial charge in [0, 0.05) is 50.0 Å². The third-order valence-corrected chi connectivity index (χ3v) is 21.7. The number of nitrogens with one attached hydrogen (secondary N) is 2. The highest BCUT2D eigenvalue weighted by Crippen LogP contribution is 2.45. The lowest BCUT2D eigenvalue weighted by Gasteiger charge is -2.32. The Kier molecular flexibility index (Phi) is 22.2. The van der Waals surface area contributed by atoms with E-state index in [1.807, 2.05) is 24.3 Å². The van der Waals surface area contributed by atoms with Gasteiger partial charge in [-0.3, -0.25) is 0 Å². The second kappa shape index (κ2) is 29.3. The molecule has 9 aromatic carbocycles. The summed E-state index contributed by atoms with van der Waals surface area (Å²) in [7, 11) is -1.42. The molecule has 3 aliphatic rings. The molecule has 9 aromatic rings. The Morgan fingerprint density at radius 3 is 0.696 bits per heavy atom. The van der Waals surface area contributed by atoms with E-state index in [-0.39, 0.29) is 40.0 Å². The highest BCUT2D eigenvalue weighted by Gasteiger charge is 2.56. The average molecular weight is 1430 g/mol. The van der Waals surface area contributed by atoms with Crippen LogP contribution < -0.4 is 25.7 Å². The highest BCUT2D eigenvalue weighted by atomic mass is 79.9. The standard InChI is InChI=1S/C44H58B2N2O4.C32H36N2.C12H16BBrO2/c1-39(2,3)33-19-27-37(28-20-33)47(45-49-41(7,8)42(9,10)50-45)35-23-15-31(16-24-35)32-17-25-36(26-18-32)48(46-51-43(11,12)44(13,14)52-46)38-29-21-34(22-30-38)40(4,5)6;1-31(2,3)25-11-19-29(20-12-25)33-27-15-7-23(8-16-27)24-9-17-28(18-10-24)34-30-21-13-26(14-22-30)32(4,5)6;1-11(2)12(3,4)16-13(15-11)9-5-7-10(14)8-6-9/h15-30H,1-14H3;7-22,33-34H,1-6H3;5-8H,1-4H3. The Labute approximate surface area is 621 Å². The van der Waals surface area contributed by atoms with Crippen molar-refractivity contribution in [3.63, 3.8) is 0 Å². The molecular formula is C88H110B3BrN4O6. The van der Waals surface area contributed by atoms with Gasteiger partial charge in [-0.15, -0.1) is 0 Å². The maximum Gasteiger partial charge on any atom is 0.598 e. The first-order chi connectivity index (χ1) is 47.4. The number of benzene rings is 9. The van der Waals surface area contributed by atoms with E-state index in [1.165, 1.54) is 33.4 Å². The van der Waals surface area contributed by atoms with E-state index in [1.54, 1.807) is 0 Å². The van der Waals surface area contributed by atoms with Crippen LogP contribution in [0.4, 0.5) is 45.5 Å². The molecule has 2 N–H and O–H groups in total. The van der Waals surface area contributed by atoms with Crippen LogP contribution >= 0.6 is 15.9 Å². The van der Waals surface area contributed by atoms with Crippen LogP contribution in [-0.2, 0) is 49.6 Å². The summed E-state index contributed by atoms with van der Waals surface area (Å²) in [4.78, 5) is 4.31. The molecule has 0 bridgehead atoms. The van der Waals surface area contributed by atoms with Gasteiger partial charge in [-0.25, -0.2) is 0 Å². The van der Waals surface area contributed by atoms with Gasteiger partial charge in [0.05, 0.1) is 33.6 Å². The lowest BCUT2D eigenvalue weighted by Crippen LogP contribution is -2.41. The van der Waals surface area contributed by atoms with Gasteiger partial charge in [-0.1, -0.05) is 208 Å². The maximum absolute atomic E-state index is 6.59. The predicted octanol–water partition coefficient (Wildman–Crippen LogP) is 23.6. The molecule has 0 radical (unpaired) electrons. The molecule has 14 heteroatoms. The third-order valence-electron chi connectivity index (χ3n) is 21.1. The van der Waals surface area contributed by atoms with Crippen molar-refractivity contribution >= 4 is 88.5 Å². The van der Waals surface area contributed by atoms with E-state index < -0.39 is 36.9 Å². The molecule has 0 atom stereocenters. The van der Waals surface area contributed by atoms with Crippen molar-refractivity contribution < 1.29 is 27.9 Å². The zero-order chi connectivity index (χ0) is 74.4. The summed E-state index contributed by atoms with van der Waals surface area (Å²) in [5.41, 5.74) is 17.4. The Hall–Kier alpha value is -7.39. The number of anilines is 8. The summed E-state index contributed by atoms with van der Waals surface area (Å²) in [5.74, 6) is 0. The molecule has 10 nitrogen and oxygen atoms in total. The summed E-state index contributed by atoms with van der Waals surface area (Å²) < 4.78 is 39.3. The second-order valence-corrected chi connectivity index (χ2v) is 35.7. The zero-order valence-electron chi connectivity index (χ0n) is 65.2. The Balaban J connectivity index is 0.000000190. The fourth-order valence-electron chi connectivity index (χ4n) is 12.0. The molecule has 3 saturated heterocycles. The first kappa shape index (κ1) is 77.2. The maximum atomic E-state index is 6.59.